The van der Waals surface area contributed by atoms with Gasteiger partial charge >= 0.3 is 18.8 Å². The van der Waals surface area contributed by atoms with E-state index in [2.05, 4.69) is 20.4 Å². The number of carbonyl (C=O) groups is 3. The van der Waals surface area contributed by atoms with Gasteiger partial charge in [0.1, 0.15) is 5.60 Å². The van der Waals surface area contributed by atoms with Crippen LogP contribution < -0.4 is 20.1 Å². The first-order valence-electron chi connectivity index (χ1n) is 14.2. The van der Waals surface area contributed by atoms with Crippen LogP contribution in [0.15, 0.2) is 22.6 Å². The second-order valence-corrected chi connectivity index (χ2v) is 11.7. The number of halogens is 2. The van der Waals surface area contributed by atoms with E-state index in [4.69, 9.17) is 18.6 Å². The number of ether oxygens (including phenoxy) is 4. The molecule has 2 fully saturated rings. The Morgan fingerprint density at radius 2 is 1.88 bits per heavy atom. The fourth-order valence-electron chi connectivity index (χ4n) is 4.52. The average molecular weight is 609 g/mol. The van der Waals surface area contributed by atoms with Gasteiger partial charge in [-0.15, -0.1) is 0 Å². The normalized spacial score (nSPS) is 17.4. The third-order valence-electron chi connectivity index (χ3n) is 6.84. The van der Waals surface area contributed by atoms with Crippen molar-refractivity contribution in [2.24, 2.45) is 11.8 Å². The summed E-state index contributed by atoms with van der Waals surface area (Å²) in [5.41, 5.74) is -0.481. The van der Waals surface area contributed by atoms with Crippen LogP contribution >= 0.6 is 0 Å². The first kappa shape index (κ1) is 31.8. The van der Waals surface area contributed by atoms with Crippen LogP contribution in [0.4, 0.5) is 18.4 Å². The van der Waals surface area contributed by atoms with Crippen LogP contribution in [0.1, 0.15) is 69.2 Å². The van der Waals surface area contributed by atoms with Crippen molar-refractivity contribution in [2.45, 2.75) is 65.2 Å². The summed E-state index contributed by atoms with van der Waals surface area (Å²) in [6.45, 7) is 5.28. The number of alkyl carbamates (subject to hydrolysis) is 1. The smallest absolute Gasteiger partial charge is 0.409 e. The maximum absolute atomic E-state index is 13.4. The van der Waals surface area contributed by atoms with Gasteiger partial charge in [0.05, 0.1) is 19.8 Å². The molecule has 1 saturated carbocycles. The van der Waals surface area contributed by atoms with Gasteiger partial charge in [0.25, 0.3) is 5.91 Å². The monoisotopic (exact) mass is 608 g/mol. The summed E-state index contributed by atoms with van der Waals surface area (Å²) in [4.78, 5) is 43.7. The Kier molecular flexibility index (Phi) is 9.97. The van der Waals surface area contributed by atoms with Crippen molar-refractivity contribution < 1.29 is 46.5 Å². The molecular formula is C29H38F2N4O8. The Labute approximate surface area is 248 Å². The Morgan fingerprint density at radius 1 is 1.14 bits per heavy atom. The third-order valence-corrected chi connectivity index (χ3v) is 6.84. The van der Waals surface area contributed by atoms with E-state index < -0.39 is 36.3 Å². The number of nitrogens with one attached hydrogen (secondary N) is 2. The topological polar surface area (TPSA) is 141 Å². The van der Waals surface area contributed by atoms with E-state index in [0.717, 1.165) is 12.8 Å². The molecule has 1 aliphatic heterocycles. The number of methoxy groups -OCH3 is 1. The van der Waals surface area contributed by atoms with Gasteiger partial charge in [-0.2, -0.15) is 8.78 Å². The number of hydrogen-bond acceptors (Lipinski definition) is 9. The van der Waals surface area contributed by atoms with Crippen molar-refractivity contribution in [2.75, 3.05) is 33.4 Å². The zero-order chi connectivity index (χ0) is 31.3. The third kappa shape index (κ3) is 8.94. The number of oxazole rings is 1. The lowest BCUT2D eigenvalue weighted by Gasteiger charge is -2.21. The molecule has 0 radical (unpaired) electrons. The molecule has 43 heavy (non-hydrogen) atoms. The number of carbonyl (C=O) groups excluding carboxylic acids is 3. The predicted molar refractivity (Wildman–Crippen MR) is 149 cm³/mol. The fraction of sp³-hybridized carbons (Fsp3) is 0.586. The van der Waals surface area contributed by atoms with Crippen molar-refractivity contribution in [3.05, 3.63) is 29.7 Å². The zero-order valence-corrected chi connectivity index (χ0v) is 24.9. The van der Waals surface area contributed by atoms with E-state index in [1.54, 1.807) is 32.6 Å². The summed E-state index contributed by atoms with van der Waals surface area (Å²) in [5, 5.41) is 5.50. The highest BCUT2D eigenvalue weighted by Gasteiger charge is 2.31. The first-order valence-corrected chi connectivity index (χ1v) is 14.2. The molecular weight excluding hydrogens is 570 g/mol. The minimum Gasteiger partial charge on any atom is -0.489 e. The van der Waals surface area contributed by atoms with Crippen molar-refractivity contribution >= 4 is 18.1 Å². The molecule has 1 saturated heterocycles. The molecule has 0 spiro atoms. The summed E-state index contributed by atoms with van der Waals surface area (Å²) in [6, 6.07) is 3.42. The highest BCUT2D eigenvalue weighted by atomic mass is 19.3. The Morgan fingerprint density at radius 3 is 2.53 bits per heavy atom. The zero-order valence-electron chi connectivity index (χ0n) is 24.9. The second-order valence-electron chi connectivity index (χ2n) is 11.7. The summed E-state index contributed by atoms with van der Waals surface area (Å²) in [6.07, 6.45) is 1.53. The van der Waals surface area contributed by atoms with Crippen LogP contribution in [0, 0.1) is 11.8 Å². The number of hydrogen-bond donors (Lipinski definition) is 2. The highest BCUT2D eigenvalue weighted by molar-refractivity contribution is 5.94. The molecule has 1 unspecified atom stereocenters. The number of amides is 3. The molecule has 14 heteroatoms. The van der Waals surface area contributed by atoms with E-state index >= 15 is 0 Å². The van der Waals surface area contributed by atoms with Crippen molar-refractivity contribution in [1.82, 2.24) is 20.5 Å². The minimum absolute atomic E-state index is 0.00346. The van der Waals surface area contributed by atoms with Crippen molar-refractivity contribution in [3.8, 4) is 23.0 Å². The lowest BCUT2D eigenvalue weighted by Crippen LogP contribution is -2.35. The fourth-order valence-corrected chi connectivity index (χ4v) is 4.52. The van der Waals surface area contributed by atoms with Crippen LogP contribution in [0.5, 0.6) is 11.5 Å². The average Bonchev–Trinajstić information content (AvgIpc) is 3.45. The predicted octanol–water partition coefficient (Wildman–Crippen LogP) is 5.14. The summed E-state index contributed by atoms with van der Waals surface area (Å²) >= 11 is 0. The van der Waals surface area contributed by atoms with Crippen LogP contribution in [0.25, 0.3) is 11.5 Å². The van der Waals surface area contributed by atoms with Gasteiger partial charge in [0.15, 0.2) is 23.0 Å². The number of aromatic nitrogens is 1. The lowest BCUT2D eigenvalue weighted by molar-refractivity contribution is -0.0515. The molecule has 4 rings (SSSR count). The number of benzene rings is 1. The molecule has 2 aromatic rings. The number of rotatable bonds is 11. The largest absolute Gasteiger partial charge is 0.489 e. The minimum atomic E-state index is -3.04. The molecule has 2 atom stereocenters. The summed E-state index contributed by atoms with van der Waals surface area (Å²) in [7, 11) is 1.31. The van der Waals surface area contributed by atoms with Crippen LogP contribution in [-0.2, 0) is 9.47 Å². The van der Waals surface area contributed by atoms with Crippen LogP contribution in [-0.4, -0.2) is 73.5 Å². The van der Waals surface area contributed by atoms with Gasteiger partial charge in [0.2, 0.25) is 5.89 Å². The Bertz CT molecular complexity index is 1310. The van der Waals surface area contributed by atoms with Crippen LogP contribution in [0.2, 0.25) is 0 Å². The van der Waals surface area contributed by atoms with Crippen molar-refractivity contribution in [3.63, 3.8) is 0 Å². The van der Waals surface area contributed by atoms with E-state index in [0.29, 0.717) is 37.6 Å². The molecule has 1 aromatic carbocycles. The van der Waals surface area contributed by atoms with Gasteiger partial charge in [0, 0.05) is 25.2 Å². The standard InChI is InChI=1S/C29H38F2N4O8/c1-16(33-27(37)43-29(2,3)4)23-22(24(36)32-13-18-10-11-35(14-18)28(38)39-5)34-25(42-23)19-8-9-20(41-26(30)31)21(12-19)40-15-17-6-7-17/h8-9,12,16-18,26H,6-7,10-11,13-15H2,1-5H3,(H,32,36)(H,33,37)/t16?,18-/m0/s1. The molecule has 0 bridgehead atoms. The summed E-state index contributed by atoms with van der Waals surface area (Å²) < 4.78 is 52.5. The Balaban J connectivity index is 1.58. The molecule has 2 aliphatic rings. The van der Waals surface area contributed by atoms with E-state index in [1.165, 1.54) is 25.3 Å². The first-order chi connectivity index (χ1) is 20.3. The van der Waals surface area contributed by atoms with Crippen molar-refractivity contribution in [1.29, 1.82) is 0 Å². The van der Waals surface area contributed by atoms with Gasteiger partial charge in [-0.25, -0.2) is 14.6 Å². The maximum Gasteiger partial charge on any atom is 0.409 e. The molecule has 12 nitrogen and oxygen atoms in total. The second kappa shape index (κ2) is 13.5. The molecule has 1 aliphatic carbocycles. The highest BCUT2D eigenvalue weighted by Crippen LogP contribution is 2.37. The number of alkyl halides is 2. The molecule has 1 aromatic heterocycles. The Hall–Kier alpha value is -4.10. The van der Waals surface area contributed by atoms with Gasteiger partial charge in [-0.1, -0.05) is 0 Å². The molecule has 2 heterocycles. The van der Waals surface area contributed by atoms with Gasteiger partial charge < -0.3 is 38.9 Å². The van der Waals surface area contributed by atoms with E-state index in [1.807, 2.05) is 0 Å². The maximum atomic E-state index is 13.4. The van der Waals surface area contributed by atoms with E-state index in [-0.39, 0.29) is 41.3 Å². The molecule has 3 amide bonds. The van der Waals surface area contributed by atoms with E-state index in [9.17, 15) is 23.2 Å². The SMILES string of the molecule is COC(=O)N1CC[C@@H](CNC(=O)c2nc(-c3ccc(OC(F)F)c(OCC4CC4)c3)oc2C(C)NC(=O)OC(C)(C)C)C1. The molecule has 236 valence electrons. The van der Waals surface area contributed by atoms with Gasteiger partial charge in [-0.05, 0) is 77.0 Å². The number of nitrogens with zero attached hydrogens (tertiary/aromatic N) is 2. The molecule has 2 N–H and O–H groups in total. The lowest BCUT2D eigenvalue weighted by atomic mass is 10.1. The summed E-state index contributed by atoms with van der Waals surface area (Å²) in [5.74, 6) is -0.171. The van der Waals surface area contributed by atoms with Crippen LogP contribution in [0.3, 0.4) is 0 Å². The number of likely N-dealkylation sites (tertiary alicyclic amines) is 1. The quantitative estimate of drug-likeness (QED) is 0.355. The van der Waals surface area contributed by atoms with Gasteiger partial charge in [-0.3, -0.25) is 4.79 Å².